The molecule has 0 spiro atoms. The van der Waals surface area contributed by atoms with Crippen molar-refractivity contribution in [3.05, 3.63) is 69.2 Å². The van der Waals surface area contributed by atoms with E-state index >= 15 is 0 Å². The first-order valence-electron chi connectivity index (χ1n) is 5.40. The van der Waals surface area contributed by atoms with Crippen molar-refractivity contribution in [1.82, 2.24) is 0 Å². The largest absolute Gasteiger partial charge is 0.294 e. The number of ketones is 1. The first-order chi connectivity index (χ1) is 8.99. The molecule has 0 saturated carbocycles. The van der Waals surface area contributed by atoms with Gasteiger partial charge in [0, 0.05) is 16.5 Å². The Kier molecular flexibility index (Phi) is 4.17. The monoisotopic (exact) mass is 300 g/mol. The van der Waals surface area contributed by atoms with E-state index in [0.717, 1.165) is 6.07 Å². The lowest BCUT2D eigenvalue weighted by Gasteiger charge is -2.06. The Balaban J connectivity index is 2.31. The van der Waals surface area contributed by atoms with Crippen LogP contribution in [-0.4, -0.2) is 5.78 Å². The van der Waals surface area contributed by atoms with Crippen LogP contribution in [0.15, 0.2) is 36.4 Å². The summed E-state index contributed by atoms with van der Waals surface area (Å²) in [5.41, 5.74) is 0.180. The third-order valence-corrected chi connectivity index (χ3v) is 3.21. The fraction of sp³-hybridized carbons (Fsp3) is 0.0714. The second-order valence-corrected chi connectivity index (χ2v) is 4.78. The zero-order valence-electron chi connectivity index (χ0n) is 9.59. The standard InChI is InChI=1S/C14H8Cl2F2O/c15-9-4-5-11(16)8(6-9)7-13(19)10-2-1-3-12(17)14(10)18/h1-6H,7H2. The average Bonchev–Trinajstić information content (AvgIpc) is 2.37. The molecule has 0 radical (unpaired) electrons. The molecule has 0 aliphatic heterocycles. The maximum Gasteiger partial charge on any atom is 0.170 e. The normalized spacial score (nSPS) is 10.5. The van der Waals surface area contributed by atoms with Gasteiger partial charge in [-0.05, 0) is 35.9 Å². The summed E-state index contributed by atoms with van der Waals surface area (Å²) >= 11 is 11.7. The number of hydrogen-bond acceptors (Lipinski definition) is 1. The summed E-state index contributed by atoms with van der Waals surface area (Å²) in [5.74, 6) is -2.75. The number of rotatable bonds is 3. The predicted molar refractivity (Wildman–Crippen MR) is 70.9 cm³/mol. The number of benzene rings is 2. The molecule has 0 fully saturated rings. The van der Waals surface area contributed by atoms with Crippen LogP contribution in [0.3, 0.4) is 0 Å². The van der Waals surface area contributed by atoms with Crippen LogP contribution in [0.1, 0.15) is 15.9 Å². The molecule has 2 aromatic rings. The van der Waals surface area contributed by atoms with Gasteiger partial charge in [-0.1, -0.05) is 29.3 Å². The van der Waals surface area contributed by atoms with E-state index < -0.39 is 17.4 Å². The Bertz CT molecular complexity index is 641. The summed E-state index contributed by atoms with van der Waals surface area (Å²) < 4.78 is 26.5. The molecular formula is C14H8Cl2F2O. The van der Waals surface area contributed by atoms with E-state index in [1.807, 2.05) is 0 Å². The molecule has 2 aromatic carbocycles. The van der Waals surface area contributed by atoms with Gasteiger partial charge in [0.25, 0.3) is 0 Å². The molecule has 19 heavy (non-hydrogen) atoms. The van der Waals surface area contributed by atoms with Gasteiger partial charge in [-0.3, -0.25) is 4.79 Å². The zero-order chi connectivity index (χ0) is 14.0. The van der Waals surface area contributed by atoms with Crippen LogP contribution in [0, 0.1) is 11.6 Å². The van der Waals surface area contributed by atoms with Crippen molar-refractivity contribution in [2.45, 2.75) is 6.42 Å². The van der Waals surface area contributed by atoms with E-state index in [1.54, 1.807) is 12.1 Å². The van der Waals surface area contributed by atoms with E-state index in [2.05, 4.69) is 0 Å². The molecule has 98 valence electrons. The van der Waals surface area contributed by atoms with Crippen molar-refractivity contribution in [2.75, 3.05) is 0 Å². The lowest BCUT2D eigenvalue weighted by molar-refractivity contribution is 0.0988. The molecule has 0 bridgehead atoms. The van der Waals surface area contributed by atoms with Crippen molar-refractivity contribution in [1.29, 1.82) is 0 Å². The third-order valence-electron chi connectivity index (χ3n) is 2.61. The average molecular weight is 301 g/mol. The summed E-state index contributed by atoms with van der Waals surface area (Å²) in [5, 5.41) is 0.779. The van der Waals surface area contributed by atoms with E-state index in [9.17, 15) is 13.6 Å². The molecule has 1 nitrogen and oxygen atoms in total. The van der Waals surface area contributed by atoms with E-state index in [1.165, 1.54) is 18.2 Å². The van der Waals surface area contributed by atoms with Gasteiger partial charge in [0.15, 0.2) is 17.4 Å². The van der Waals surface area contributed by atoms with Crippen molar-refractivity contribution in [3.63, 3.8) is 0 Å². The second-order valence-electron chi connectivity index (χ2n) is 3.94. The molecular weight excluding hydrogens is 293 g/mol. The van der Waals surface area contributed by atoms with Gasteiger partial charge in [-0.2, -0.15) is 0 Å². The van der Waals surface area contributed by atoms with Crippen molar-refractivity contribution in [3.8, 4) is 0 Å². The summed E-state index contributed by atoms with van der Waals surface area (Å²) in [6, 6.07) is 8.14. The highest BCUT2D eigenvalue weighted by Crippen LogP contribution is 2.23. The molecule has 0 aliphatic rings. The first kappa shape index (κ1) is 14.0. The summed E-state index contributed by atoms with van der Waals surface area (Å²) in [7, 11) is 0. The van der Waals surface area contributed by atoms with Crippen molar-refractivity contribution < 1.29 is 13.6 Å². The van der Waals surface area contributed by atoms with Gasteiger partial charge >= 0.3 is 0 Å². The Morgan fingerprint density at radius 2 is 1.84 bits per heavy atom. The minimum absolute atomic E-state index is 0.139. The molecule has 5 heteroatoms. The van der Waals surface area contributed by atoms with Crippen LogP contribution in [0.25, 0.3) is 0 Å². The van der Waals surface area contributed by atoms with Gasteiger partial charge in [-0.15, -0.1) is 0 Å². The topological polar surface area (TPSA) is 17.1 Å². The fourth-order valence-electron chi connectivity index (χ4n) is 1.67. The van der Waals surface area contributed by atoms with Gasteiger partial charge in [-0.25, -0.2) is 8.78 Å². The number of carbonyl (C=O) groups is 1. The maximum atomic E-state index is 13.5. The molecule has 0 saturated heterocycles. The number of hydrogen-bond donors (Lipinski definition) is 0. The highest BCUT2D eigenvalue weighted by atomic mass is 35.5. The lowest BCUT2D eigenvalue weighted by Crippen LogP contribution is -2.07. The van der Waals surface area contributed by atoms with Crippen LogP contribution < -0.4 is 0 Å². The molecule has 0 heterocycles. The van der Waals surface area contributed by atoms with Crippen LogP contribution >= 0.6 is 23.2 Å². The summed E-state index contributed by atoms with van der Waals surface area (Å²) in [4.78, 5) is 11.9. The lowest BCUT2D eigenvalue weighted by atomic mass is 10.0. The van der Waals surface area contributed by atoms with Crippen molar-refractivity contribution >= 4 is 29.0 Å². The SMILES string of the molecule is O=C(Cc1cc(Cl)ccc1Cl)c1cccc(F)c1F. The van der Waals surface area contributed by atoms with Crippen molar-refractivity contribution in [2.24, 2.45) is 0 Å². The Morgan fingerprint density at radius 1 is 1.11 bits per heavy atom. The van der Waals surface area contributed by atoms with E-state index in [4.69, 9.17) is 23.2 Å². The Morgan fingerprint density at radius 3 is 2.58 bits per heavy atom. The maximum absolute atomic E-state index is 13.5. The minimum atomic E-state index is -1.15. The molecule has 0 atom stereocenters. The van der Waals surface area contributed by atoms with Gasteiger partial charge in [0.2, 0.25) is 0 Å². The van der Waals surface area contributed by atoms with Crippen LogP contribution in [0.5, 0.6) is 0 Å². The first-order valence-corrected chi connectivity index (χ1v) is 6.16. The summed E-state index contributed by atoms with van der Waals surface area (Å²) in [6.07, 6.45) is -0.139. The van der Waals surface area contributed by atoms with E-state index in [-0.39, 0.29) is 12.0 Å². The van der Waals surface area contributed by atoms with Gasteiger partial charge < -0.3 is 0 Å². The van der Waals surface area contributed by atoms with Gasteiger partial charge in [0.1, 0.15) is 0 Å². The molecule has 0 amide bonds. The molecule has 0 unspecified atom stereocenters. The highest BCUT2D eigenvalue weighted by molar-refractivity contribution is 6.33. The molecule has 0 N–H and O–H groups in total. The third kappa shape index (κ3) is 3.11. The fourth-order valence-corrected chi connectivity index (χ4v) is 2.05. The van der Waals surface area contributed by atoms with Crippen LogP contribution in [0.2, 0.25) is 10.0 Å². The number of halogens is 4. The quantitative estimate of drug-likeness (QED) is 0.751. The minimum Gasteiger partial charge on any atom is -0.294 e. The summed E-state index contributed by atoms with van der Waals surface area (Å²) in [6.45, 7) is 0. The predicted octanol–water partition coefficient (Wildman–Crippen LogP) is 4.70. The van der Waals surface area contributed by atoms with E-state index in [0.29, 0.717) is 15.6 Å². The number of carbonyl (C=O) groups excluding carboxylic acids is 1. The Labute approximate surface area is 118 Å². The Hall–Kier alpha value is -1.45. The number of Topliss-reactive ketones (excluding diaryl/α,β-unsaturated/α-hetero) is 1. The second kappa shape index (κ2) is 5.68. The van der Waals surface area contributed by atoms with Crippen LogP contribution in [-0.2, 0) is 6.42 Å². The van der Waals surface area contributed by atoms with Gasteiger partial charge in [0.05, 0.1) is 5.56 Å². The molecule has 0 aromatic heterocycles. The smallest absolute Gasteiger partial charge is 0.170 e. The molecule has 0 aliphatic carbocycles. The molecule has 2 rings (SSSR count). The van der Waals surface area contributed by atoms with Crippen LogP contribution in [0.4, 0.5) is 8.78 Å². The zero-order valence-corrected chi connectivity index (χ0v) is 11.1. The highest BCUT2D eigenvalue weighted by Gasteiger charge is 2.16.